The molecule has 1 aliphatic rings. The number of morpholine rings is 1. The minimum atomic E-state index is 0.272. The van der Waals surface area contributed by atoms with Gasteiger partial charge in [0.15, 0.2) is 0 Å². The first-order valence-electron chi connectivity index (χ1n) is 6.27. The summed E-state index contributed by atoms with van der Waals surface area (Å²) < 4.78 is 5.69. The standard InChI is InChI=1S/C13H21N3O/c1-3-12-9-17-10(2)8-16(12)13-5-4-11(6-14)7-15-13/h4-5,7,10,12H,3,6,8-9,14H2,1-2H3. The molecule has 0 saturated carbocycles. The minimum Gasteiger partial charge on any atom is -0.375 e. The van der Waals surface area contributed by atoms with Gasteiger partial charge in [0, 0.05) is 19.3 Å². The van der Waals surface area contributed by atoms with E-state index in [4.69, 9.17) is 10.5 Å². The maximum Gasteiger partial charge on any atom is 0.128 e. The van der Waals surface area contributed by atoms with E-state index in [9.17, 15) is 0 Å². The van der Waals surface area contributed by atoms with Gasteiger partial charge >= 0.3 is 0 Å². The summed E-state index contributed by atoms with van der Waals surface area (Å²) in [4.78, 5) is 6.84. The highest BCUT2D eigenvalue weighted by Gasteiger charge is 2.26. The Balaban J connectivity index is 2.16. The minimum absolute atomic E-state index is 0.272. The number of nitrogens with zero attached hydrogens (tertiary/aromatic N) is 2. The summed E-state index contributed by atoms with van der Waals surface area (Å²) in [7, 11) is 0. The van der Waals surface area contributed by atoms with Crippen LogP contribution in [0.15, 0.2) is 18.3 Å². The van der Waals surface area contributed by atoms with Gasteiger partial charge in [0.05, 0.1) is 18.8 Å². The van der Waals surface area contributed by atoms with Crippen LogP contribution in [-0.2, 0) is 11.3 Å². The van der Waals surface area contributed by atoms with E-state index in [-0.39, 0.29) is 6.10 Å². The molecule has 0 aromatic carbocycles. The Labute approximate surface area is 103 Å². The van der Waals surface area contributed by atoms with E-state index in [0.717, 1.165) is 31.0 Å². The van der Waals surface area contributed by atoms with Crippen molar-refractivity contribution in [1.82, 2.24) is 4.98 Å². The third-order valence-electron chi connectivity index (χ3n) is 3.28. The van der Waals surface area contributed by atoms with Crippen molar-refractivity contribution in [2.24, 2.45) is 5.73 Å². The van der Waals surface area contributed by atoms with Crippen LogP contribution >= 0.6 is 0 Å². The van der Waals surface area contributed by atoms with E-state index in [0.29, 0.717) is 12.6 Å². The van der Waals surface area contributed by atoms with Gasteiger partial charge in [-0.1, -0.05) is 13.0 Å². The van der Waals surface area contributed by atoms with Crippen molar-refractivity contribution in [3.63, 3.8) is 0 Å². The highest BCUT2D eigenvalue weighted by molar-refractivity contribution is 5.41. The van der Waals surface area contributed by atoms with Crippen LogP contribution in [0.25, 0.3) is 0 Å². The van der Waals surface area contributed by atoms with Crippen molar-refractivity contribution >= 4 is 5.82 Å². The third kappa shape index (κ3) is 2.76. The van der Waals surface area contributed by atoms with Crippen LogP contribution in [0.4, 0.5) is 5.82 Å². The van der Waals surface area contributed by atoms with Crippen molar-refractivity contribution in [3.8, 4) is 0 Å². The van der Waals surface area contributed by atoms with Gasteiger partial charge in [-0.25, -0.2) is 4.98 Å². The number of nitrogens with two attached hydrogens (primary N) is 1. The lowest BCUT2D eigenvalue weighted by Crippen LogP contribution is -2.49. The first-order chi connectivity index (χ1) is 8.24. The summed E-state index contributed by atoms with van der Waals surface area (Å²) in [6.45, 7) is 6.54. The Kier molecular flexibility index (Phi) is 3.97. The first-order valence-corrected chi connectivity index (χ1v) is 6.27. The molecule has 4 nitrogen and oxygen atoms in total. The molecule has 2 rings (SSSR count). The van der Waals surface area contributed by atoms with Crippen LogP contribution in [0, 0.1) is 0 Å². The molecule has 2 atom stereocenters. The van der Waals surface area contributed by atoms with Gasteiger partial charge in [-0.3, -0.25) is 0 Å². The number of aromatic nitrogens is 1. The van der Waals surface area contributed by atoms with Crippen molar-refractivity contribution < 1.29 is 4.74 Å². The van der Waals surface area contributed by atoms with Gasteiger partial charge in [0.1, 0.15) is 5.82 Å². The van der Waals surface area contributed by atoms with Gasteiger partial charge in [-0.15, -0.1) is 0 Å². The molecule has 0 spiro atoms. The topological polar surface area (TPSA) is 51.4 Å². The summed E-state index contributed by atoms with van der Waals surface area (Å²) >= 11 is 0. The summed E-state index contributed by atoms with van der Waals surface area (Å²) in [5, 5.41) is 0. The molecule has 1 saturated heterocycles. The molecule has 1 aliphatic heterocycles. The van der Waals surface area contributed by atoms with Crippen LogP contribution in [0.3, 0.4) is 0 Å². The smallest absolute Gasteiger partial charge is 0.128 e. The van der Waals surface area contributed by atoms with Crippen molar-refractivity contribution in [1.29, 1.82) is 0 Å². The zero-order chi connectivity index (χ0) is 12.3. The van der Waals surface area contributed by atoms with Gasteiger partial charge in [-0.05, 0) is 25.0 Å². The zero-order valence-electron chi connectivity index (χ0n) is 10.6. The number of rotatable bonds is 3. The summed E-state index contributed by atoms with van der Waals surface area (Å²) in [5.41, 5.74) is 6.65. The van der Waals surface area contributed by atoms with Crippen molar-refractivity contribution in [2.45, 2.75) is 39.0 Å². The molecule has 0 aliphatic carbocycles. The summed E-state index contributed by atoms with van der Waals surface area (Å²) in [6, 6.07) is 4.54. The Morgan fingerprint density at radius 1 is 1.53 bits per heavy atom. The Morgan fingerprint density at radius 3 is 2.94 bits per heavy atom. The van der Waals surface area contributed by atoms with E-state index >= 15 is 0 Å². The average molecular weight is 235 g/mol. The number of ether oxygens (including phenoxy) is 1. The maximum absolute atomic E-state index is 5.69. The number of anilines is 1. The number of pyridine rings is 1. The van der Waals surface area contributed by atoms with Gasteiger partial charge in [0.2, 0.25) is 0 Å². The molecule has 2 N–H and O–H groups in total. The third-order valence-corrected chi connectivity index (χ3v) is 3.28. The number of hydrogen-bond donors (Lipinski definition) is 1. The molecule has 94 valence electrons. The molecular formula is C13H21N3O. The summed E-state index contributed by atoms with van der Waals surface area (Å²) in [6.07, 6.45) is 3.21. The molecule has 0 bridgehead atoms. The average Bonchev–Trinajstić information content (AvgIpc) is 2.39. The lowest BCUT2D eigenvalue weighted by atomic mass is 10.1. The van der Waals surface area contributed by atoms with Crippen molar-refractivity contribution in [3.05, 3.63) is 23.9 Å². The molecule has 1 aromatic rings. The first kappa shape index (κ1) is 12.3. The van der Waals surface area contributed by atoms with Gasteiger partial charge < -0.3 is 15.4 Å². The second kappa shape index (κ2) is 5.47. The molecule has 1 fully saturated rings. The largest absolute Gasteiger partial charge is 0.375 e. The normalized spacial score (nSPS) is 25.0. The fourth-order valence-electron chi connectivity index (χ4n) is 2.17. The van der Waals surface area contributed by atoms with Crippen LogP contribution in [0.2, 0.25) is 0 Å². The van der Waals surface area contributed by atoms with Gasteiger partial charge in [-0.2, -0.15) is 0 Å². The maximum atomic E-state index is 5.69. The highest BCUT2D eigenvalue weighted by atomic mass is 16.5. The fraction of sp³-hybridized carbons (Fsp3) is 0.615. The molecule has 1 aromatic heterocycles. The molecule has 0 amide bonds. The molecule has 17 heavy (non-hydrogen) atoms. The molecule has 2 heterocycles. The zero-order valence-corrected chi connectivity index (χ0v) is 10.6. The monoisotopic (exact) mass is 235 g/mol. The lowest BCUT2D eigenvalue weighted by Gasteiger charge is -2.39. The summed E-state index contributed by atoms with van der Waals surface area (Å²) in [5.74, 6) is 1.03. The quantitative estimate of drug-likeness (QED) is 0.863. The molecule has 0 radical (unpaired) electrons. The molecule has 4 heteroatoms. The fourth-order valence-corrected chi connectivity index (χ4v) is 2.17. The predicted octanol–water partition coefficient (Wildman–Crippen LogP) is 1.54. The molecule has 2 unspecified atom stereocenters. The predicted molar refractivity (Wildman–Crippen MR) is 69.0 cm³/mol. The van der Waals surface area contributed by atoms with E-state index in [2.05, 4.69) is 35.9 Å². The van der Waals surface area contributed by atoms with Crippen LogP contribution in [0.5, 0.6) is 0 Å². The van der Waals surface area contributed by atoms with E-state index < -0.39 is 0 Å². The lowest BCUT2D eigenvalue weighted by molar-refractivity contribution is 0.0296. The Hall–Kier alpha value is -1.13. The highest BCUT2D eigenvalue weighted by Crippen LogP contribution is 2.21. The van der Waals surface area contributed by atoms with Crippen molar-refractivity contribution in [2.75, 3.05) is 18.1 Å². The number of hydrogen-bond acceptors (Lipinski definition) is 4. The second-order valence-corrected chi connectivity index (χ2v) is 4.59. The Morgan fingerprint density at radius 2 is 2.35 bits per heavy atom. The molecular weight excluding hydrogens is 214 g/mol. The Bertz CT molecular complexity index is 352. The van der Waals surface area contributed by atoms with Crippen LogP contribution < -0.4 is 10.6 Å². The van der Waals surface area contributed by atoms with E-state index in [1.807, 2.05) is 6.20 Å². The second-order valence-electron chi connectivity index (χ2n) is 4.59. The van der Waals surface area contributed by atoms with Gasteiger partial charge in [0.25, 0.3) is 0 Å². The van der Waals surface area contributed by atoms with E-state index in [1.54, 1.807) is 0 Å². The van der Waals surface area contributed by atoms with E-state index in [1.165, 1.54) is 0 Å². The van der Waals surface area contributed by atoms with Crippen LogP contribution in [-0.4, -0.2) is 30.3 Å². The SMILES string of the molecule is CCC1COC(C)CN1c1ccc(CN)cn1. The van der Waals surface area contributed by atoms with Crippen LogP contribution in [0.1, 0.15) is 25.8 Å².